The van der Waals surface area contributed by atoms with Gasteiger partial charge in [0.2, 0.25) is 0 Å². The molecule has 7 nitrogen and oxygen atoms in total. The first kappa shape index (κ1) is 17.8. The van der Waals surface area contributed by atoms with Crippen molar-refractivity contribution in [1.29, 1.82) is 5.26 Å². The molecule has 0 unspecified atom stereocenters. The Morgan fingerprint density at radius 2 is 2.31 bits per heavy atom. The Bertz CT molecular complexity index is 900. The second-order valence-corrected chi connectivity index (χ2v) is 7.06. The fourth-order valence-corrected chi connectivity index (χ4v) is 3.99. The Hall–Kier alpha value is -2.97. The summed E-state index contributed by atoms with van der Waals surface area (Å²) in [6.07, 6.45) is 2.20. The molecule has 1 heterocycles. The summed E-state index contributed by atoms with van der Waals surface area (Å²) in [5.41, 5.74) is 7.11. The summed E-state index contributed by atoms with van der Waals surface area (Å²) in [5, 5.41) is 12.8. The Kier molecular flexibility index (Phi) is 5.15. The number of hydrogen-bond donors (Lipinski definition) is 2. The smallest absolute Gasteiger partial charge is 0.312 e. The molecule has 1 fully saturated rings. The van der Waals surface area contributed by atoms with E-state index in [2.05, 4.69) is 20.8 Å². The largest absolute Gasteiger partial charge is 0.352 e. The molecule has 0 atom stereocenters. The average molecular weight is 366 g/mol. The fourth-order valence-electron chi connectivity index (χ4n) is 2.74. The van der Waals surface area contributed by atoms with Crippen molar-refractivity contribution in [2.75, 3.05) is 0 Å². The Morgan fingerprint density at radius 1 is 1.54 bits per heavy atom. The number of benzene rings is 1. The standard InChI is InChI=1S/C18H18N6OS/c1-3-24-15(10-22-18(20)25)23-16(12-4-5-12)17(24)26-14-7-11(9-19)6-13(8-14)21-2/h6-8,12H,3-5,10H2,1H3,(H3,20,22,25). The molecule has 1 aliphatic carbocycles. The van der Waals surface area contributed by atoms with Crippen LogP contribution in [0.5, 0.6) is 0 Å². The number of nitrogens with two attached hydrogens (primary N) is 1. The minimum absolute atomic E-state index is 0.273. The first-order valence-corrected chi connectivity index (χ1v) is 9.10. The molecule has 132 valence electrons. The number of amides is 2. The molecule has 0 bridgehead atoms. The van der Waals surface area contributed by atoms with Crippen LogP contribution in [0.25, 0.3) is 4.85 Å². The van der Waals surface area contributed by atoms with Crippen molar-refractivity contribution in [3.8, 4) is 6.07 Å². The third-order valence-corrected chi connectivity index (χ3v) is 5.18. The molecular formula is C18H18N6OS. The van der Waals surface area contributed by atoms with Gasteiger partial charge in [-0.05, 0) is 38.0 Å². The van der Waals surface area contributed by atoms with Crippen LogP contribution in [0.15, 0.2) is 28.1 Å². The van der Waals surface area contributed by atoms with E-state index < -0.39 is 6.03 Å². The van der Waals surface area contributed by atoms with Crippen molar-refractivity contribution >= 4 is 23.5 Å². The van der Waals surface area contributed by atoms with Gasteiger partial charge in [-0.15, -0.1) is 0 Å². The van der Waals surface area contributed by atoms with E-state index >= 15 is 0 Å². The molecule has 8 heteroatoms. The highest BCUT2D eigenvalue weighted by Crippen LogP contribution is 2.46. The van der Waals surface area contributed by atoms with Crippen molar-refractivity contribution in [3.05, 3.63) is 46.7 Å². The Morgan fingerprint density at radius 3 is 2.88 bits per heavy atom. The average Bonchev–Trinajstić information content (AvgIpc) is 3.42. The van der Waals surface area contributed by atoms with Gasteiger partial charge in [-0.25, -0.2) is 14.6 Å². The van der Waals surface area contributed by atoms with E-state index in [1.165, 1.54) is 11.8 Å². The SMILES string of the molecule is [C-]#[N+]c1cc(C#N)cc(Sc2c(C3CC3)nc(CNC(N)=O)n2CC)c1. The van der Waals surface area contributed by atoms with Crippen LogP contribution in [0.3, 0.4) is 0 Å². The topological polar surface area (TPSA) is 101 Å². The lowest BCUT2D eigenvalue weighted by Crippen LogP contribution is -2.29. The number of carbonyl (C=O) groups excluding carboxylic acids is 1. The zero-order valence-electron chi connectivity index (χ0n) is 14.3. The number of carbonyl (C=O) groups is 1. The van der Waals surface area contributed by atoms with Gasteiger partial charge < -0.3 is 15.6 Å². The summed E-state index contributed by atoms with van der Waals surface area (Å²) in [7, 11) is 0. The third-order valence-electron chi connectivity index (χ3n) is 4.09. The first-order chi connectivity index (χ1) is 12.5. The molecule has 3 N–H and O–H groups in total. The quantitative estimate of drug-likeness (QED) is 0.764. The van der Waals surface area contributed by atoms with E-state index in [1.807, 2.05) is 6.92 Å². The summed E-state index contributed by atoms with van der Waals surface area (Å²) in [6.45, 7) is 10.2. The minimum Gasteiger partial charge on any atom is -0.352 e. The number of nitriles is 1. The number of hydrogen-bond acceptors (Lipinski definition) is 4. The van der Waals surface area contributed by atoms with Gasteiger partial charge in [0.1, 0.15) is 10.9 Å². The predicted molar refractivity (Wildman–Crippen MR) is 97.8 cm³/mol. The maximum atomic E-state index is 11.1. The first-order valence-electron chi connectivity index (χ1n) is 8.28. The maximum Gasteiger partial charge on any atom is 0.312 e. The van der Waals surface area contributed by atoms with E-state index in [9.17, 15) is 10.1 Å². The monoisotopic (exact) mass is 366 g/mol. The van der Waals surface area contributed by atoms with Gasteiger partial charge in [-0.1, -0.05) is 11.8 Å². The molecule has 2 aromatic rings. The maximum absolute atomic E-state index is 11.1. The summed E-state index contributed by atoms with van der Waals surface area (Å²) in [5.74, 6) is 1.19. The van der Waals surface area contributed by atoms with Crippen LogP contribution in [-0.4, -0.2) is 15.6 Å². The van der Waals surface area contributed by atoms with E-state index in [1.54, 1.807) is 18.2 Å². The molecule has 0 radical (unpaired) electrons. The van der Waals surface area contributed by atoms with E-state index in [4.69, 9.17) is 17.3 Å². The van der Waals surface area contributed by atoms with Crippen molar-refractivity contribution in [1.82, 2.24) is 14.9 Å². The van der Waals surface area contributed by atoms with Crippen LogP contribution in [0.1, 0.15) is 42.8 Å². The van der Waals surface area contributed by atoms with Gasteiger partial charge in [0.05, 0.1) is 24.9 Å². The second kappa shape index (κ2) is 7.51. The molecule has 2 amide bonds. The summed E-state index contributed by atoms with van der Waals surface area (Å²) in [4.78, 5) is 20.1. The van der Waals surface area contributed by atoms with E-state index in [0.29, 0.717) is 23.7 Å². The van der Waals surface area contributed by atoms with Crippen molar-refractivity contribution in [3.63, 3.8) is 0 Å². The van der Waals surface area contributed by atoms with Crippen LogP contribution in [-0.2, 0) is 13.1 Å². The number of aromatic nitrogens is 2. The zero-order valence-corrected chi connectivity index (χ0v) is 15.1. The van der Waals surface area contributed by atoms with Gasteiger partial charge in [0, 0.05) is 22.9 Å². The highest BCUT2D eigenvalue weighted by atomic mass is 32.2. The molecule has 1 aliphatic rings. The lowest BCUT2D eigenvalue weighted by Gasteiger charge is -2.11. The van der Waals surface area contributed by atoms with Gasteiger partial charge in [0.25, 0.3) is 0 Å². The lowest BCUT2D eigenvalue weighted by molar-refractivity contribution is 0.248. The molecule has 1 aromatic heterocycles. The summed E-state index contributed by atoms with van der Waals surface area (Å²) >= 11 is 1.51. The van der Waals surface area contributed by atoms with Crippen LogP contribution in [0.4, 0.5) is 10.5 Å². The highest BCUT2D eigenvalue weighted by molar-refractivity contribution is 7.99. The normalized spacial score (nSPS) is 13.0. The molecule has 1 saturated carbocycles. The van der Waals surface area contributed by atoms with Crippen molar-refractivity contribution in [2.24, 2.45) is 5.73 Å². The molecule has 0 aliphatic heterocycles. The van der Waals surface area contributed by atoms with Gasteiger partial charge in [-0.2, -0.15) is 5.26 Å². The van der Waals surface area contributed by atoms with Gasteiger partial charge >= 0.3 is 6.03 Å². The second-order valence-electron chi connectivity index (χ2n) is 6.00. The van der Waals surface area contributed by atoms with Crippen LogP contribution in [0, 0.1) is 17.9 Å². The zero-order chi connectivity index (χ0) is 18.7. The molecule has 26 heavy (non-hydrogen) atoms. The van der Waals surface area contributed by atoms with E-state index in [-0.39, 0.29) is 6.54 Å². The van der Waals surface area contributed by atoms with Gasteiger partial charge in [-0.3, -0.25) is 0 Å². The van der Waals surface area contributed by atoms with E-state index in [0.717, 1.165) is 34.3 Å². The van der Waals surface area contributed by atoms with Crippen molar-refractivity contribution < 1.29 is 4.79 Å². The number of nitrogens with zero attached hydrogens (tertiary/aromatic N) is 4. The van der Waals surface area contributed by atoms with Gasteiger partial charge in [0.15, 0.2) is 5.69 Å². The third kappa shape index (κ3) is 3.81. The molecule has 3 rings (SSSR count). The number of rotatable bonds is 6. The van der Waals surface area contributed by atoms with Crippen LogP contribution in [0.2, 0.25) is 0 Å². The minimum atomic E-state index is -0.582. The number of urea groups is 1. The molecule has 0 spiro atoms. The number of imidazole rings is 1. The highest BCUT2D eigenvalue weighted by Gasteiger charge is 2.31. The molecule has 0 saturated heterocycles. The lowest BCUT2D eigenvalue weighted by atomic mass is 10.2. The molecular weight excluding hydrogens is 348 g/mol. The Labute approximate surface area is 156 Å². The Balaban J connectivity index is 2.00. The van der Waals surface area contributed by atoms with Crippen LogP contribution >= 0.6 is 11.8 Å². The number of primary amides is 1. The number of nitrogens with one attached hydrogen (secondary N) is 1. The summed E-state index contributed by atoms with van der Waals surface area (Å²) < 4.78 is 2.06. The predicted octanol–water partition coefficient (Wildman–Crippen LogP) is 3.52. The molecule has 1 aromatic carbocycles. The summed E-state index contributed by atoms with van der Waals surface area (Å²) in [6, 6.07) is 6.67. The van der Waals surface area contributed by atoms with Crippen LogP contribution < -0.4 is 11.1 Å². The fraction of sp³-hybridized carbons (Fsp3) is 0.333. The van der Waals surface area contributed by atoms with Crippen molar-refractivity contribution in [2.45, 2.75) is 48.7 Å².